The number of hydrogen-bond donors (Lipinski definition) is 1. The van der Waals surface area contributed by atoms with Gasteiger partial charge in [-0.05, 0) is 54.7 Å². The fourth-order valence-corrected chi connectivity index (χ4v) is 6.74. The summed E-state index contributed by atoms with van der Waals surface area (Å²) in [5, 5.41) is 2.79. The summed E-state index contributed by atoms with van der Waals surface area (Å²) in [6, 6.07) is 8.71. The third-order valence-corrected chi connectivity index (χ3v) is 9.19. The van der Waals surface area contributed by atoms with Crippen LogP contribution in [0.15, 0.2) is 52.7 Å². The highest BCUT2D eigenvalue weighted by Gasteiger charge is 2.39. The molecule has 2 heterocycles. The van der Waals surface area contributed by atoms with Crippen LogP contribution in [0.3, 0.4) is 0 Å². The molecule has 1 aromatic heterocycles. The standard InChI is InChI=1S/C24H25F4N3O2S2/c25-19-2-4-20(5-3-19)35(32,33)29-13-16-11-17(16)14-30-7-9-31(10-8-30)22-15-34-23-12-18(24(26,27)28)1-6-21(22)23/h1-6,12,15-17,29H,7-11,13-14H2/t16-,17?/m0/s1. The Morgan fingerprint density at radius 3 is 2.40 bits per heavy atom. The van der Waals surface area contributed by atoms with Gasteiger partial charge >= 0.3 is 6.18 Å². The maximum atomic E-state index is 13.0. The Hall–Kier alpha value is -2.21. The minimum absolute atomic E-state index is 0.0582. The van der Waals surface area contributed by atoms with E-state index >= 15 is 0 Å². The van der Waals surface area contributed by atoms with Crippen LogP contribution in [0.4, 0.5) is 23.2 Å². The summed E-state index contributed by atoms with van der Waals surface area (Å²) >= 11 is 1.34. The summed E-state index contributed by atoms with van der Waals surface area (Å²) in [6.07, 6.45) is -3.38. The minimum atomic E-state index is -4.34. The molecule has 35 heavy (non-hydrogen) atoms. The summed E-state index contributed by atoms with van der Waals surface area (Å²) in [7, 11) is -3.65. The van der Waals surface area contributed by atoms with E-state index in [1.54, 1.807) is 6.07 Å². The lowest BCUT2D eigenvalue weighted by Gasteiger charge is -2.36. The van der Waals surface area contributed by atoms with Gasteiger partial charge in [0.2, 0.25) is 10.0 Å². The predicted octanol–water partition coefficient (Wildman–Crippen LogP) is 4.80. The van der Waals surface area contributed by atoms with Crippen LogP contribution in [0, 0.1) is 17.7 Å². The summed E-state index contributed by atoms with van der Waals surface area (Å²) in [5.74, 6) is 0.237. The molecule has 188 valence electrons. The van der Waals surface area contributed by atoms with Gasteiger partial charge in [-0.25, -0.2) is 17.5 Å². The van der Waals surface area contributed by atoms with Gasteiger partial charge in [-0.1, -0.05) is 6.07 Å². The molecule has 2 fully saturated rings. The maximum Gasteiger partial charge on any atom is 0.416 e. The average molecular weight is 528 g/mol. The van der Waals surface area contributed by atoms with Gasteiger partial charge in [0, 0.05) is 54.7 Å². The largest absolute Gasteiger partial charge is 0.416 e. The van der Waals surface area contributed by atoms with Crippen molar-refractivity contribution >= 4 is 37.1 Å². The van der Waals surface area contributed by atoms with E-state index in [4.69, 9.17) is 0 Å². The Labute approximate surface area is 205 Å². The van der Waals surface area contributed by atoms with E-state index in [1.165, 1.54) is 29.5 Å². The summed E-state index contributed by atoms with van der Waals surface area (Å²) in [6.45, 7) is 4.55. The molecule has 1 aliphatic carbocycles. The Morgan fingerprint density at radius 2 is 1.71 bits per heavy atom. The molecule has 5 rings (SSSR count). The van der Waals surface area contributed by atoms with Gasteiger partial charge in [0.1, 0.15) is 5.82 Å². The first kappa shape index (κ1) is 24.5. The second kappa shape index (κ2) is 9.34. The Balaban J connectivity index is 1.10. The number of alkyl halides is 3. The quantitative estimate of drug-likeness (QED) is 0.449. The zero-order chi connectivity index (χ0) is 24.8. The van der Waals surface area contributed by atoms with Crippen molar-refractivity contribution in [2.75, 3.05) is 44.2 Å². The first-order valence-corrected chi connectivity index (χ1v) is 13.8. The highest BCUT2D eigenvalue weighted by atomic mass is 32.2. The smallest absolute Gasteiger partial charge is 0.368 e. The van der Waals surface area contributed by atoms with Gasteiger partial charge in [0.15, 0.2) is 0 Å². The molecule has 2 aliphatic rings. The molecular weight excluding hydrogens is 502 g/mol. The number of anilines is 1. The zero-order valence-electron chi connectivity index (χ0n) is 18.8. The van der Waals surface area contributed by atoms with Crippen molar-refractivity contribution in [1.82, 2.24) is 9.62 Å². The molecule has 5 nitrogen and oxygen atoms in total. The van der Waals surface area contributed by atoms with Crippen molar-refractivity contribution in [1.29, 1.82) is 0 Å². The number of piperazine rings is 1. The monoisotopic (exact) mass is 527 g/mol. The Morgan fingerprint density at radius 1 is 1.00 bits per heavy atom. The van der Waals surface area contributed by atoms with E-state index in [0.29, 0.717) is 17.2 Å². The van der Waals surface area contributed by atoms with Crippen LogP contribution in [0.5, 0.6) is 0 Å². The van der Waals surface area contributed by atoms with E-state index in [2.05, 4.69) is 14.5 Å². The fraction of sp³-hybridized carbons (Fsp3) is 0.417. The molecule has 2 aromatic carbocycles. The highest BCUT2D eigenvalue weighted by Crippen LogP contribution is 2.40. The molecule has 1 N–H and O–H groups in total. The number of halogens is 4. The Kier molecular flexibility index (Phi) is 6.54. The number of nitrogens with one attached hydrogen (secondary N) is 1. The van der Waals surface area contributed by atoms with Gasteiger partial charge < -0.3 is 4.90 Å². The van der Waals surface area contributed by atoms with Crippen molar-refractivity contribution in [2.24, 2.45) is 11.8 Å². The predicted molar refractivity (Wildman–Crippen MR) is 129 cm³/mol. The average Bonchev–Trinajstić information content (AvgIpc) is 3.42. The van der Waals surface area contributed by atoms with Crippen LogP contribution in [-0.4, -0.2) is 52.6 Å². The first-order chi connectivity index (χ1) is 16.6. The van der Waals surface area contributed by atoms with E-state index < -0.39 is 27.6 Å². The van der Waals surface area contributed by atoms with Crippen molar-refractivity contribution < 1.29 is 26.0 Å². The number of benzene rings is 2. The van der Waals surface area contributed by atoms with Crippen LogP contribution < -0.4 is 9.62 Å². The maximum absolute atomic E-state index is 13.0. The lowest BCUT2D eigenvalue weighted by atomic mass is 10.1. The third-order valence-electron chi connectivity index (χ3n) is 6.82. The van der Waals surface area contributed by atoms with E-state index in [-0.39, 0.29) is 10.8 Å². The molecule has 1 saturated heterocycles. The number of thiophene rings is 1. The van der Waals surface area contributed by atoms with Crippen molar-refractivity contribution in [3.8, 4) is 0 Å². The van der Waals surface area contributed by atoms with Crippen LogP contribution >= 0.6 is 11.3 Å². The van der Waals surface area contributed by atoms with Gasteiger partial charge in [-0.15, -0.1) is 11.3 Å². The van der Waals surface area contributed by atoms with Gasteiger partial charge in [-0.3, -0.25) is 4.90 Å². The zero-order valence-corrected chi connectivity index (χ0v) is 20.4. The Bertz CT molecular complexity index is 1300. The molecule has 3 aromatic rings. The SMILES string of the molecule is O=S(=O)(NC[C@@H]1CC1CN1CCN(c2csc3cc(C(F)(F)F)ccc23)CC1)c1ccc(F)cc1. The molecule has 11 heteroatoms. The van der Waals surface area contributed by atoms with Gasteiger partial charge in [-0.2, -0.15) is 13.2 Å². The second-order valence-electron chi connectivity index (χ2n) is 9.18. The molecule has 1 saturated carbocycles. The van der Waals surface area contributed by atoms with Gasteiger partial charge in [0.05, 0.1) is 16.1 Å². The van der Waals surface area contributed by atoms with Gasteiger partial charge in [0.25, 0.3) is 0 Å². The van der Waals surface area contributed by atoms with Crippen molar-refractivity contribution in [3.63, 3.8) is 0 Å². The van der Waals surface area contributed by atoms with E-state index in [1.807, 2.05) is 5.38 Å². The van der Waals surface area contributed by atoms with Crippen LogP contribution in [-0.2, 0) is 16.2 Å². The summed E-state index contributed by atoms with van der Waals surface area (Å²) < 4.78 is 80.1. The van der Waals surface area contributed by atoms with E-state index in [9.17, 15) is 26.0 Å². The number of fused-ring (bicyclic) bond motifs is 1. The number of hydrogen-bond acceptors (Lipinski definition) is 5. The molecule has 1 unspecified atom stereocenters. The summed E-state index contributed by atoms with van der Waals surface area (Å²) in [4.78, 5) is 4.65. The molecule has 0 amide bonds. The molecule has 0 spiro atoms. The second-order valence-corrected chi connectivity index (χ2v) is 11.9. The minimum Gasteiger partial charge on any atom is -0.368 e. The number of sulfonamides is 1. The molecule has 1 aliphatic heterocycles. The topological polar surface area (TPSA) is 52.7 Å². The lowest BCUT2D eigenvalue weighted by molar-refractivity contribution is -0.137. The first-order valence-electron chi connectivity index (χ1n) is 11.4. The molecule has 2 atom stereocenters. The number of rotatable bonds is 7. The van der Waals surface area contributed by atoms with E-state index in [0.717, 1.165) is 68.4 Å². The fourth-order valence-electron chi connectivity index (χ4n) is 4.64. The van der Waals surface area contributed by atoms with Crippen LogP contribution in [0.2, 0.25) is 0 Å². The molecule has 0 radical (unpaired) electrons. The third kappa shape index (κ3) is 5.47. The molecular formula is C24H25F4N3O2S2. The lowest BCUT2D eigenvalue weighted by Crippen LogP contribution is -2.47. The highest BCUT2D eigenvalue weighted by molar-refractivity contribution is 7.89. The van der Waals surface area contributed by atoms with Crippen molar-refractivity contribution in [2.45, 2.75) is 17.5 Å². The normalized spacial score (nSPS) is 21.5. The van der Waals surface area contributed by atoms with Crippen LogP contribution in [0.1, 0.15) is 12.0 Å². The number of nitrogens with zero attached hydrogens (tertiary/aromatic N) is 2. The summed E-state index contributed by atoms with van der Waals surface area (Å²) in [5.41, 5.74) is 0.361. The molecule has 0 bridgehead atoms. The van der Waals surface area contributed by atoms with Crippen LogP contribution in [0.25, 0.3) is 10.1 Å². The van der Waals surface area contributed by atoms with Crippen molar-refractivity contribution in [3.05, 3.63) is 59.2 Å².